The van der Waals surface area contributed by atoms with Gasteiger partial charge in [0.2, 0.25) is 0 Å². The van der Waals surface area contributed by atoms with Gasteiger partial charge in [-0.25, -0.2) is 4.79 Å². The Hall–Kier alpha value is -1.03. The van der Waals surface area contributed by atoms with E-state index in [1.165, 1.54) is 0 Å². The van der Waals surface area contributed by atoms with Gasteiger partial charge in [0.15, 0.2) is 0 Å². The van der Waals surface area contributed by atoms with Gasteiger partial charge in [-0.05, 0) is 53.4 Å². The first kappa shape index (κ1) is 11.0. The van der Waals surface area contributed by atoms with Crippen LogP contribution in [0.5, 0.6) is 5.75 Å². The van der Waals surface area contributed by atoms with E-state index >= 15 is 0 Å². The zero-order chi connectivity index (χ0) is 11.0. The largest absolute Gasteiger partial charge is 0.506 e. The van der Waals surface area contributed by atoms with Gasteiger partial charge in [0.1, 0.15) is 11.3 Å². The maximum Gasteiger partial charge on any atom is 0.339 e. The zero-order valence-corrected chi connectivity index (χ0v) is 9.77. The predicted octanol–water partition coefficient (Wildman–Crippen LogP) is 2.78. The molecule has 0 aliphatic heterocycles. The summed E-state index contributed by atoms with van der Waals surface area (Å²) in [7, 11) is 0. The molecule has 0 spiro atoms. The number of carboxylic acid groups (broad SMARTS) is 1. The van der Waals surface area contributed by atoms with Gasteiger partial charge < -0.3 is 10.2 Å². The number of aromatic hydroxyl groups is 1. The van der Waals surface area contributed by atoms with Gasteiger partial charge in [0, 0.05) is 0 Å². The summed E-state index contributed by atoms with van der Waals surface area (Å²) in [4.78, 5) is 10.9. The van der Waals surface area contributed by atoms with Gasteiger partial charge in [-0.15, -0.1) is 0 Å². The Morgan fingerprint density at radius 1 is 1.14 bits per heavy atom. The number of aromatic carboxylic acids is 1. The van der Waals surface area contributed by atoms with Crippen molar-refractivity contribution in [2.45, 2.75) is 20.8 Å². The molecule has 0 unspecified atom stereocenters. The maximum atomic E-state index is 10.9. The molecule has 14 heavy (non-hydrogen) atoms. The van der Waals surface area contributed by atoms with Gasteiger partial charge in [0.25, 0.3) is 0 Å². The molecule has 0 aliphatic carbocycles. The van der Waals surface area contributed by atoms with Crippen LogP contribution in [0.4, 0.5) is 0 Å². The Kier molecular flexibility index (Phi) is 2.85. The number of carbonyl (C=O) groups is 1. The summed E-state index contributed by atoms with van der Waals surface area (Å²) in [6.07, 6.45) is 0. The molecule has 0 radical (unpaired) electrons. The molecule has 1 rings (SSSR count). The van der Waals surface area contributed by atoms with Crippen LogP contribution in [0.2, 0.25) is 0 Å². The Bertz CT molecular complexity index is 381. The van der Waals surface area contributed by atoms with E-state index in [1.54, 1.807) is 6.92 Å². The fourth-order valence-electron chi connectivity index (χ4n) is 1.36. The maximum absolute atomic E-state index is 10.9. The molecule has 0 atom stereocenters. The summed E-state index contributed by atoms with van der Waals surface area (Å²) in [5.74, 6) is -1.30. The number of rotatable bonds is 1. The number of hydrogen-bond donors (Lipinski definition) is 2. The topological polar surface area (TPSA) is 57.5 Å². The quantitative estimate of drug-likeness (QED) is 0.815. The van der Waals surface area contributed by atoms with Gasteiger partial charge >= 0.3 is 5.97 Å². The van der Waals surface area contributed by atoms with Gasteiger partial charge in [-0.1, -0.05) is 0 Å². The van der Waals surface area contributed by atoms with Crippen LogP contribution in [-0.2, 0) is 0 Å². The van der Waals surface area contributed by atoms with Crippen LogP contribution in [0, 0.1) is 20.8 Å². The average molecular weight is 259 g/mol. The van der Waals surface area contributed by atoms with Crippen LogP contribution in [-0.4, -0.2) is 16.2 Å². The summed E-state index contributed by atoms with van der Waals surface area (Å²) in [6, 6.07) is 0. The standard InChI is InChI=1S/C10H11BrO3/c1-4-5(2)7(10(13)14)9(12)8(11)6(4)3/h12H,1-3H3,(H,13,14). The molecule has 0 aromatic heterocycles. The van der Waals surface area contributed by atoms with E-state index in [-0.39, 0.29) is 11.3 Å². The van der Waals surface area contributed by atoms with E-state index in [4.69, 9.17) is 5.11 Å². The third kappa shape index (κ3) is 1.50. The van der Waals surface area contributed by atoms with Crippen LogP contribution in [0.3, 0.4) is 0 Å². The summed E-state index contributed by atoms with van der Waals surface area (Å²) < 4.78 is 0.456. The number of halogens is 1. The summed E-state index contributed by atoms with van der Waals surface area (Å²) in [5, 5.41) is 18.5. The molecule has 2 N–H and O–H groups in total. The minimum atomic E-state index is -1.11. The van der Waals surface area contributed by atoms with Crippen molar-refractivity contribution in [2.24, 2.45) is 0 Å². The van der Waals surface area contributed by atoms with Crippen molar-refractivity contribution in [2.75, 3.05) is 0 Å². The highest BCUT2D eigenvalue weighted by molar-refractivity contribution is 9.10. The molecule has 0 fully saturated rings. The molecule has 0 amide bonds. The van der Waals surface area contributed by atoms with Crippen LogP contribution in [0.15, 0.2) is 4.47 Å². The van der Waals surface area contributed by atoms with Crippen molar-refractivity contribution in [3.05, 3.63) is 26.7 Å². The first-order chi connectivity index (χ1) is 6.37. The molecule has 0 aliphatic rings. The normalized spacial score (nSPS) is 10.3. The smallest absolute Gasteiger partial charge is 0.339 e. The van der Waals surface area contributed by atoms with E-state index < -0.39 is 5.97 Å². The second-order valence-corrected chi connectivity index (χ2v) is 4.01. The molecule has 3 nitrogen and oxygen atoms in total. The fraction of sp³-hybridized carbons (Fsp3) is 0.300. The van der Waals surface area contributed by atoms with Gasteiger partial charge in [0.05, 0.1) is 4.47 Å². The van der Waals surface area contributed by atoms with Crippen LogP contribution in [0.25, 0.3) is 0 Å². The minimum Gasteiger partial charge on any atom is -0.506 e. The highest BCUT2D eigenvalue weighted by Gasteiger charge is 2.20. The molecule has 1 aromatic carbocycles. The van der Waals surface area contributed by atoms with Crippen LogP contribution >= 0.6 is 15.9 Å². The monoisotopic (exact) mass is 258 g/mol. The highest BCUT2D eigenvalue weighted by atomic mass is 79.9. The average Bonchev–Trinajstić information content (AvgIpc) is 2.11. The molecule has 4 heteroatoms. The first-order valence-electron chi connectivity index (χ1n) is 4.09. The number of benzene rings is 1. The van der Waals surface area contributed by atoms with Crippen molar-refractivity contribution in [1.29, 1.82) is 0 Å². The summed E-state index contributed by atoms with van der Waals surface area (Å²) in [5.41, 5.74) is 2.33. The van der Waals surface area contributed by atoms with Crippen molar-refractivity contribution >= 4 is 21.9 Å². The fourth-order valence-corrected chi connectivity index (χ4v) is 1.86. The lowest BCUT2D eigenvalue weighted by Gasteiger charge is -2.12. The molecule has 0 saturated heterocycles. The molecular formula is C10H11BrO3. The zero-order valence-electron chi connectivity index (χ0n) is 8.18. The Morgan fingerprint density at radius 3 is 2.07 bits per heavy atom. The van der Waals surface area contributed by atoms with E-state index in [0.717, 1.165) is 11.1 Å². The SMILES string of the molecule is Cc1c(C)c(Br)c(O)c(C(=O)O)c1C. The molecule has 76 valence electrons. The second-order valence-electron chi connectivity index (χ2n) is 3.22. The third-order valence-corrected chi connectivity index (χ3v) is 3.46. The van der Waals surface area contributed by atoms with E-state index in [9.17, 15) is 9.90 Å². The Morgan fingerprint density at radius 2 is 1.64 bits per heavy atom. The van der Waals surface area contributed by atoms with Crippen molar-refractivity contribution in [3.63, 3.8) is 0 Å². The molecule has 0 saturated carbocycles. The highest BCUT2D eigenvalue weighted by Crippen LogP contribution is 2.36. The molecular weight excluding hydrogens is 248 g/mol. The predicted molar refractivity (Wildman–Crippen MR) is 57.0 cm³/mol. The van der Waals surface area contributed by atoms with Crippen molar-refractivity contribution in [1.82, 2.24) is 0 Å². The van der Waals surface area contributed by atoms with E-state index in [1.807, 2.05) is 13.8 Å². The lowest BCUT2D eigenvalue weighted by molar-refractivity contribution is 0.0692. The Labute approximate surface area is 90.5 Å². The number of phenols is 1. The number of carboxylic acids is 1. The van der Waals surface area contributed by atoms with Crippen molar-refractivity contribution in [3.8, 4) is 5.75 Å². The van der Waals surface area contributed by atoms with Crippen LogP contribution < -0.4 is 0 Å². The molecule has 0 heterocycles. The summed E-state index contributed by atoms with van der Waals surface area (Å²) in [6.45, 7) is 5.36. The lowest BCUT2D eigenvalue weighted by Crippen LogP contribution is -2.04. The number of hydrogen-bond acceptors (Lipinski definition) is 2. The Balaban J connectivity index is 3.68. The molecule has 0 bridgehead atoms. The third-order valence-electron chi connectivity index (χ3n) is 2.49. The van der Waals surface area contributed by atoms with Gasteiger partial charge in [-0.2, -0.15) is 0 Å². The van der Waals surface area contributed by atoms with E-state index in [2.05, 4.69) is 15.9 Å². The first-order valence-corrected chi connectivity index (χ1v) is 4.88. The van der Waals surface area contributed by atoms with Crippen molar-refractivity contribution < 1.29 is 15.0 Å². The molecule has 1 aromatic rings. The summed E-state index contributed by atoms with van der Waals surface area (Å²) >= 11 is 3.17. The second kappa shape index (κ2) is 3.61. The minimum absolute atomic E-state index is 0.0278. The van der Waals surface area contributed by atoms with Crippen LogP contribution in [0.1, 0.15) is 27.0 Å². The lowest BCUT2D eigenvalue weighted by atomic mass is 9.98. The van der Waals surface area contributed by atoms with Gasteiger partial charge in [-0.3, -0.25) is 0 Å². The van der Waals surface area contributed by atoms with E-state index in [0.29, 0.717) is 10.0 Å².